The maximum absolute atomic E-state index is 13.3. The molecule has 144 valence electrons. The molecule has 0 atom stereocenters. The minimum absolute atomic E-state index is 0.00546. The first-order chi connectivity index (χ1) is 12.6. The molecule has 1 saturated heterocycles. The molecule has 1 aromatic rings. The lowest BCUT2D eigenvalue weighted by atomic mass is 10.1. The first kappa shape index (κ1) is 20.4. The van der Waals surface area contributed by atoms with Crippen LogP contribution in [0.2, 0.25) is 0 Å². The molecule has 1 fully saturated rings. The van der Waals surface area contributed by atoms with Gasteiger partial charge in [0.05, 0.1) is 19.6 Å². The van der Waals surface area contributed by atoms with Gasteiger partial charge in [-0.1, -0.05) is 19.8 Å². The Morgan fingerprint density at radius 2 is 1.88 bits per heavy atom. The molecule has 0 bridgehead atoms. The number of hydrogen-bond acceptors (Lipinski definition) is 2. The highest BCUT2D eigenvalue weighted by molar-refractivity contribution is 5.74. The van der Waals surface area contributed by atoms with Gasteiger partial charge in [0.2, 0.25) is 0 Å². The van der Waals surface area contributed by atoms with E-state index in [0.29, 0.717) is 24.0 Å². The van der Waals surface area contributed by atoms with Crippen LogP contribution < -0.4 is 9.80 Å². The van der Waals surface area contributed by atoms with E-state index in [0.717, 1.165) is 63.8 Å². The van der Waals surface area contributed by atoms with Gasteiger partial charge in [0.25, 0.3) is 0 Å². The van der Waals surface area contributed by atoms with Gasteiger partial charge in [-0.15, -0.1) is 0 Å². The van der Waals surface area contributed by atoms with Crippen molar-refractivity contribution in [2.24, 2.45) is 0 Å². The number of halogens is 1. The van der Waals surface area contributed by atoms with Crippen LogP contribution in [0.3, 0.4) is 0 Å². The standard InChI is InChI=1S/C20H30FN3O2/c1-2-3-4-11-22-20(26)23-12-15-24(16-13-23,14-5-6-17-25)19-9-7-18(21)8-10-19/h7-10,17H,2-6,11-16H2,1H3/p+1. The lowest BCUT2D eigenvalue weighted by molar-refractivity contribution is -0.108. The summed E-state index contributed by atoms with van der Waals surface area (Å²) < 4.78 is 14.0. The van der Waals surface area contributed by atoms with Crippen LogP contribution in [0.5, 0.6) is 0 Å². The van der Waals surface area contributed by atoms with Crippen LogP contribution in [-0.4, -0.2) is 56.5 Å². The third kappa shape index (κ3) is 5.53. The van der Waals surface area contributed by atoms with Crippen molar-refractivity contribution < 1.29 is 14.0 Å². The Kier molecular flexibility index (Phi) is 8.04. The molecule has 0 aliphatic carbocycles. The molecule has 0 saturated carbocycles. The van der Waals surface area contributed by atoms with E-state index in [9.17, 15) is 14.0 Å². The van der Waals surface area contributed by atoms with Gasteiger partial charge in [0.1, 0.15) is 30.9 Å². The van der Waals surface area contributed by atoms with Gasteiger partial charge in [-0.3, -0.25) is 4.48 Å². The lowest BCUT2D eigenvalue weighted by Crippen LogP contribution is -2.63. The molecular formula is C20H31FN3O2+. The summed E-state index contributed by atoms with van der Waals surface area (Å²) in [5.41, 5.74) is 1.06. The lowest BCUT2D eigenvalue weighted by Gasteiger charge is -2.44. The highest BCUT2D eigenvalue weighted by Gasteiger charge is 2.36. The van der Waals surface area contributed by atoms with Crippen molar-refractivity contribution in [1.82, 2.24) is 14.7 Å². The summed E-state index contributed by atoms with van der Waals surface area (Å²) in [5.74, 6) is -0.245. The van der Waals surface area contributed by atoms with E-state index in [1.807, 2.05) is 17.0 Å². The number of rotatable bonds is 9. The van der Waals surface area contributed by atoms with E-state index in [1.54, 1.807) is 0 Å². The Bertz CT molecular complexity index is 569. The molecule has 5 nitrogen and oxygen atoms in total. The van der Waals surface area contributed by atoms with Crippen LogP contribution in [0.15, 0.2) is 24.3 Å². The smallest absolute Gasteiger partial charge is 0.317 e. The van der Waals surface area contributed by atoms with Gasteiger partial charge >= 0.3 is 6.03 Å². The summed E-state index contributed by atoms with van der Waals surface area (Å²) in [4.78, 5) is 24.9. The van der Waals surface area contributed by atoms with Crippen molar-refractivity contribution in [1.29, 1.82) is 0 Å². The third-order valence-corrected chi connectivity index (χ3v) is 5.22. The van der Waals surface area contributed by atoms with Gasteiger partial charge in [-0.05, 0) is 18.6 Å². The van der Waals surface area contributed by atoms with E-state index in [1.165, 1.54) is 12.1 Å². The van der Waals surface area contributed by atoms with Crippen LogP contribution in [-0.2, 0) is 4.79 Å². The molecule has 0 aromatic heterocycles. The first-order valence-corrected chi connectivity index (χ1v) is 9.70. The second-order valence-electron chi connectivity index (χ2n) is 7.03. The fourth-order valence-corrected chi connectivity index (χ4v) is 3.58. The minimum atomic E-state index is -0.245. The van der Waals surface area contributed by atoms with Crippen molar-refractivity contribution in [3.05, 3.63) is 30.1 Å². The van der Waals surface area contributed by atoms with Crippen LogP contribution in [0.25, 0.3) is 0 Å². The van der Waals surface area contributed by atoms with E-state index >= 15 is 0 Å². The highest BCUT2D eigenvalue weighted by atomic mass is 19.1. The predicted molar refractivity (Wildman–Crippen MR) is 103 cm³/mol. The van der Waals surface area contributed by atoms with Gasteiger partial charge in [-0.2, -0.15) is 0 Å². The zero-order chi connectivity index (χ0) is 18.8. The Morgan fingerprint density at radius 3 is 2.50 bits per heavy atom. The van der Waals surface area contributed by atoms with E-state index in [4.69, 9.17) is 0 Å². The number of unbranched alkanes of at least 4 members (excludes halogenated alkanes) is 3. The average molecular weight is 364 g/mol. The largest absolute Gasteiger partial charge is 0.338 e. The number of aldehydes is 1. The molecule has 2 rings (SSSR count). The summed E-state index contributed by atoms with van der Waals surface area (Å²) in [6, 6.07) is 6.64. The summed E-state index contributed by atoms with van der Waals surface area (Å²) in [5, 5.41) is 3.00. The van der Waals surface area contributed by atoms with Crippen molar-refractivity contribution in [3.63, 3.8) is 0 Å². The maximum atomic E-state index is 13.3. The number of carbonyl (C=O) groups excluding carboxylic acids is 2. The predicted octanol–water partition coefficient (Wildman–Crippen LogP) is 3.33. The summed E-state index contributed by atoms with van der Waals surface area (Å²) in [6.45, 7) is 6.59. The molecule has 6 heteroatoms. The Balaban J connectivity index is 1.97. The second-order valence-corrected chi connectivity index (χ2v) is 7.03. The Hall–Kier alpha value is -1.95. The number of nitrogens with one attached hydrogen (secondary N) is 1. The number of carbonyl (C=O) groups is 2. The molecular weight excluding hydrogens is 333 g/mol. The number of benzene rings is 1. The molecule has 1 N–H and O–H groups in total. The average Bonchev–Trinajstić information content (AvgIpc) is 2.66. The molecule has 1 aliphatic heterocycles. The summed E-state index contributed by atoms with van der Waals surface area (Å²) in [6.07, 6.45) is 5.55. The van der Waals surface area contributed by atoms with E-state index in [-0.39, 0.29) is 11.8 Å². The third-order valence-electron chi connectivity index (χ3n) is 5.22. The summed E-state index contributed by atoms with van der Waals surface area (Å²) >= 11 is 0. The van der Waals surface area contributed by atoms with Crippen molar-refractivity contribution in [2.45, 2.75) is 39.0 Å². The number of hydrogen-bond donors (Lipinski definition) is 1. The molecule has 1 aromatic carbocycles. The van der Waals surface area contributed by atoms with Crippen molar-refractivity contribution in [2.75, 3.05) is 39.3 Å². The summed E-state index contributed by atoms with van der Waals surface area (Å²) in [7, 11) is 0. The normalized spacial score (nSPS) is 16.3. The van der Waals surface area contributed by atoms with Crippen LogP contribution in [0.4, 0.5) is 14.9 Å². The number of piperazine rings is 1. The van der Waals surface area contributed by atoms with Gasteiger partial charge in [0, 0.05) is 31.5 Å². The molecule has 0 radical (unpaired) electrons. The van der Waals surface area contributed by atoms with E-state index in [2.05, 4.69) is 12.2 Å². The molecule has 1 heterocycles. The number of amides is 2. The fourth-order valence-electron chi connectivity index (χ4n) is 3.58. The maximum Gasteiger partial charge on any atom is 0.317 e. The van der Waals surface area contributed by atoms with Crippen LogP contribution in [0.1, 0.15) is 39.0 Å². The molecule has 0 spiro atoms. The van der Waals surface area contributed by atoms with Gasteiger partial charge < -0.3 is 15.0 Å². The molecule has 2 amide bonds. The van der Waals surface area contributed by atoms with Crippen LogP contribution >= 0.6 is 0 Å². The molecule has 0 unspecified atom stereocenters. The van der Waals surface area contributed by atoms with E-state index < -0.39 is 0 Å². The van der Waals surface area contributed by atoms with Crippen LogP contribution in [0, 0.1) is 5.82 Å². The SMILES string of the molecule is CCCCCNC(=O)N1CC[N+](CCCC=O)(c2ccc(F)cc2)CC1. The zero-order valence-electron chi connectivity index (χ0n) is 15.8. The number of quaternary nitrogens is 1. The number of urea groups is 1. The fraction of sp³-hybridized carbons (Fsp3) is 0.600. The monoisotopic (exact) mass is 364 g/mol. The number of nitrogens with zero attached hydrogens (tertiary/aromatic N) is 2. The van der Waals surface area contributed by atoms with Crippen molar-refractivity contribution in [3.8, 4) is 0 Å². The highest BCUT2D eigenvalue weighted by Crippen LogP contribution is 2.26. The molecule has 26 heavy (non-hydrogen) atoms. The topological polar surface area (TPSA) is 49.4 Å². The quantitative estimate of drug-likeness (QED) is 0.415. The van der Waals surface area contributed by atoms with Gasteiger partial charge in [0.15, 0.2) is 0 Å². The zero-order valence-corrected chi connectivity index (χ0v) is 15.8. The Morgan fingerprint density at radius 1 is 1.19 bits per heavy atom. The second kappa shape index (κ2) is 10.3. The Labute approximate surface area is 155 Å². The van der Waals surface area contributed by atoms with Gasteiger partial charge in [-0.25, -0.2) is 9.18 Å². The minimum Gasteiger partial charge on any atom is -0.338 e. The molecule has 1 aliphatic rings. The first-order valence-electron chi connectivity index (χ1n) is 9.70. The van der Waals surface area contributed by atoms with Crippen molar-refractivity contribution >= 4 is 18.0 Å².